The molecule has 1 saturated heterocycles. The number of nitrogens with one attached hydrogen (secondary N) is 1. The summed E-state index contributed by atoms with van der Waals surface area (Å²) in [4.78, 5) is 14.9. The summed E-state index contributed by atoms with van der Waals surface area (Å²) in [6, 6.07) is 12.6. The van der Waals surface area contributed by atoms with Crippen molar-refractivity contribution >= 4 is 5.91 Å². The topological polar surface area (TPSA) is 58.4 Å². The van der Waals surface area contributed by atoms with Crippen LogP contribution in [0.15, 0.2) is 40.9 Å². The van der Waals surface area contributed by atoms with E-state index in [0.29, 0.717) is 17.5 Å². The first-order valence-electron chi connectivity index (χ1n) is 9.23. The molecule has 1 aromatic carbocycles. The highest BCUT2D eigenvalue weighted by Crippen LogP contribution is 2.40. The Morgan fingerprint density at radius 3 is 2.80 bits per heavy atom. The Morgan fingerprint density at radius 1 is 1.28 bits per heavy atom. The number of rotatable bonds is 5. The number of carbonyl (C=O) groups excluding carboxylic acids is 1. The lowest BCUT2D eigenvalue weighted by Crippen LogP contribution is -2.49. The predicted octanol–water partition coefficient (Wildman–Crippen LogP) is 3.19. The molecule has 25 heavy (non-hydrogen) atoms. The summed E-state index contributed by atoms with van der Waals surface area (Å²) < 4.78 is 5.29. The SMILES string of the molecule is C[C@H]1CN(Cc2ccccc2)CC[C@H]1NC(=O)c1cc(C2CC2)on1. The molecule has 1 saturated carbocycles. The van der Waals surface area contributed by atoms with E-state index in [1.807, 2.05) is 12.1 Å². The molecule has 2 atom stereocenters. The predicted molar refractivity (Wildman–Crippen MR) is 95.2 cm³/mol. The Labute approximate surface area is 148 Å². The van der Waals surface area contributed by atoms with Crippen LogP contribution in [0.3, 0.4) is 0 Å². The molecule has 0 radical (unpaired) electrons. The van der Waals surface area contributed by atoms with Crippen LogP contribution in [-0.4, -0.2) is 35.1 Å². The molecule has 1 aliphatic carbocycles. The van der Waals surface area contributed by atoms with E-state index in [1.54, 1.807) is 0 Å². The first-order valence-corrected chi connectivity index (χ1v) is 9.23. The highest BCUT2D eigenvalue weighted by Gasteiger charge is 2.31. The summed E-state index contributed by atoms with van der Waals surface area (Å²) in [5.41, 5.74) is 1.76. The number of carbonyl (C=O) groups is 1. The first kappa shape index (κ1) is 16.3. The van der Waals surface area contributed by atoms with Crippen molar-refractivity contribution in [2.75, 3.05) is 13.1 Å². The van der Waals surface area contributed by atoms with Crippen LogP contribution in [0.1, 0.15) is 53.9 Å². The second kappa shape index (κ2) is 7.00. The third kappa shape index (κ3) is 3.93. The van der Waals surface area contributed by atoms with E-state index in [-0.39, 0.29) is 11.9 Å². The minimum absolute atomic E-state index is 0.107. The number of benzene rings is 1. The van der Waals surface area contributed by atoms with Gasteiger partial charge in [0.1, 0.15) is 5.76 Å². The third-order valence-electron chi connectivity index (χ3n) is 5.30. The van der Waals surface area contributed by atoms with Crippen molar-refractivity contribution in [2.24, 2.45) is 5.92 Å². The Balaban J connectivity index is 1.30. The van der Waals surface area contributed by atoms with Crippen molar-refractivity contribution in [1.29, 1.82) is 0 Å². The second-order valence-corrected chi connectivity index (χ2v) is 7.46. The molecule has 1 N–H and O–H groups in total. The highest BCUT2D eigenvalue weighted by molar-refractivity contribution is 5.92. The summed E-state index contributed by atoms with van der Waals surface area (Å²) in [6.45, 7) is 5.17. The Kier molecular flexibility index (Phi) is 4.57. The van der Waals surface area contributed by atoms with Crippen molar-refractivity contribution in [3.8, 4) is 0 Å². The summed E-state index contributed by atoms with van der Waals surface area (Å²) in [5.74, 6) is 1.64. The van der Waals surface area contributed by atoms with Crippen molar-refractivity contribution in [1.82, 2.24) is 15.4 Å². The smallest absolute Gasteiger partial charge is 0.273 e. The Bertz CT molecular complexity index is 724. The monoisotopic (exact) mass is 339 g/mol. The normalized spacial score (nSPS) is 24.2. The number of aromatic nitrogens is 1. The third-order valence-corrected chi connectivity index (χ3v) is 5.30. The second-order valence-electron chi connectivity index (χ2n) is 7.46. The molecule has 1 aromatic heterocycles. The number of hydrogen-bond donors (Lipinski definition) is 1. The van der Waals surface area contributed by atoms with Gasteiger partial charge in [0, 0.05) is 37.7 Å². The van der Waals surface area contributed by atoms with Crippen molar-refractivity contribution in [3.05, 3.63) is 53.4 Å². The highest BCUT2D eigenvalue weighted by atomic mass is 16.5. The fraction of sp³-hybridized carbons (Fsp3) is 0.500. The molecule has 1 amide bonds. The van der Waals surface area contributed by atoms with E-state index in [0.717, 1.165) is 44.7 Å². The van der Waals surface area contributed by atoms with Gasteiger partial charge < -0.3 is 9.84 Å². The quantitative estimate of drug-likeness (QED) is 0.909. The van der Waals surface area contributed by atoms with Gasteiger partial charge in [-0.15, -0.1) is 0 Å². The minimum atomic E-state index is -0.107. The van der Waals surface area contributed by atoms with Crippen LogP contribution >= 0.6 is 0 Å². The fourth-order valence-electron chi connectivity index (χ4n) is 3.63. The van der Waals surface area contributed by atoms with Crippen molar-refractivity contribution < 1.29 is 9.32 Å². The molecule has 2 fully saturated rings. The van der Waals surface area contributed by atoms with Crippen LogP contribution in [0.25, 0.3) is 0 Å². The summed E-state index contributed by atoms with van der Waals surface area (Å²) in [7, 11) is 0. The van der Waals surface area contributed by atoms with Crippen LogP contribution < -0.4 is 5.32 Å². The molecule has 0 unspecified atom stereocenters. The van der Waals surface area contributed by atoms with Crippen molar-refractivity contribution in [2.45, 2.75) is 44.7 Å². The Hall–Kier alpha value is -2.14. The van der Waals surface area contributed by atoms with Gasteiger partial charge in [-0.2, -0.15) is 0 Å². The molecule has 5 nitrogen and oxygen atoms in total. The zero-order valence-electron chi connectivity index (χ0n) is 14.6. The van der Waals surface area contributed by atoms with Gasteiger partial charge in [0.25, 0.3) is 5.91 Å². The lowest BCUT2D eigenvalue weighted by Gasteiger charge is -2.37. The number of hydrogen-bond acceptors (Lipinski definition) is 4. The molecule has 4 rings (SSSR count). The van der Waals surface area contributed by atoms with Gasteiger partial charge >= 0.3 is 0 Å². The number of likely N-dealkylation sites (tertiary alicyclic amines) is 1. The van der Waals surface area contributed by atoms with E-state index in [4.69, 9.17) is 4.52 Å². The van der Waals surface area contributed by atoms with Crippen LogP contribution in [0.5, 0.6) is 0 Å². The molecule has 0 bridgehead atoms. The average Bonchev–Trinajstić information content (AvgIpc) is 3.35. The van der Waals surface area contributed by atoms with Crippen molar-refractivity contribution in [3.63, 3.8) is 0 Å². The molecule has 132 valence electrons. The maximum Gasteiger partial charge on any atom is 0.273 e. The van der Waals surface area contributed by atoms with E-state index < -0.39 is 0 Å². The Morgan fingerprint density at radius 2 is 2.08 bits per heavy atom. The average molecular weight is 339 g/mol. The molecule has 2 aromatic rings. The summed E-state index contributed by atoms with van der Waals surface area (Å²) >= 11 is 0. The maximum atomic E-state index is 12.4. The fourth-order valence-corrected chi connectivity index (χ4v) is 3.63. The molecule has 2 aliphatic rings. The number of nitrogens with zero attached hydrogens (tertiary/aromatic N) is 2. The van der Waals surface area contributed by atoms with E-state index in [1.165, 1.54) is 5.56 Å². The molecule has 5 heteroatoms. The van der Waals surface area contributed by atoms with Gasteiger partial charge in [0.05, 0.1) is 0 Å². The standard InChI is InChI=1S/C20H25N3O2/c1-14-12-23(13-15-5-3-2-4-6-15)10-9-17(14)21-20(24)18-11-19(25-22-18)16-7-8-16/h2-6,11,14,16-17H,7-10,12-13H2,1H3,(H,21,24)/t14-,17+/m0/s1. The van der Waals surface area contributed by atoms with Gasteiger partial charge in [-0.1, -0.05) is 42.4 Å². The molecular weight excluding hydrogens is 314 g/mol. The van der Waals surface area contributed by atoms with Gasteiger partial charge in [-0.05, 0) is 30.7 Å². The zero-order valence-corrected chi connectivity index (χ0v) is 14.6. The van der Waals surface area contributed by atoms with Crippen LogP contribution in [0, 0.1) is 5.92 Å². The molecule has 1 aliphatic heterocycles. The molecular formula is C20H25N3O2. The van der Waals surface area contributed by atoms with E-state index in [2.05, 4.69) is 46.6 Å². The molecule has 0 spiro atoms. The number of amides is 1. The van der Waals surface area contributed by atoms with Crippen LogP contribution in [0.2, 0.25) is 0 Å². The van der Waals surface area contributed by atoms with Gasteiger partial charge in [-0.25, -0.2) is 0 Å². The first-order chi connectivity index (χ1) is 12.2. The largest absolute Gasteiger partial charge is 0.360 e. The maximum absolute atomic E-state index is 12.4. The van der Waals surface area contributed by atoms with Gasteiger partial charge in [0.15, 0.2) is 5.69 Å². The lowest BCUT2D eigenvalue weighted by molar-refractivity contribution is 0.0851. The van der Waals surface area contributed by atoms with Gasteiger partial charge in [0.2, 0.25) is 0 Å². The zero-order chi connectivity index (χ0) is 17.2. The number of piperidine rings is 1. The van der Waals surface area contributed by atoms with E-state index >= 15 is 0 Å². The summed E-state index contributed by atoms with van der Waals surface area (Å²) in [6.07, 6.45) is 3.26. The van der Waals surface area contributed by atoms with Gasteiger partial charge in [-0.3, -0.25) is 9.69 Å². The molecule has 2 heterocycles. The summed E-state index contributed by atoms with van der Waals surface area (Å²) in [5, 5.41) is 7.10. The minimum Gasteiger partial charge on any atom is -0.360 e. The van der Waals surface area contributed by atoms with Crippen LogP contribution in [-0.2, 0) is 6.54 Å². The van der Waals surface area contributed by atoms with Crippen LogP contribution in [0.4, 0.5) is 0 Å². The lowest BCUT2D eigenvalue weighted by atomic mass is 9.93. The van der Waals surface area contributed by atoms with E-state index in [9.17, 15) is 4.79 Å².